The van der Waals surface area contributed by atoms with E-state index in [4.69, 9.17) is 14.2 Å². The van der Waals surface area contributed by atoms with Crippen molar-refractivity contribution in [3.05, 3.63) is 77.4 Å². The molecule has 3 aromatic rings. The van der Waals surface area contributed by atoms with Crippen molar-refractivity contribution in [1.29, 1.82) is 0 Å². The number of methoxy groups -OCH3 is 1. The molecule has 0 saturated carbocycles. The number of rotatable bonds is 8. The summed E-state index contributed by atoms with van der Waals surface area (Å²) in [6.45, 7) is 3.12. The summed E-state index contributed by atoms with van der Waals surface area (Å²) >= 11 is 0. The highest BCUT2D eigenvalue weighted by molar-refractivity contribution is 5.95. The van der Waals surface area contributed by atoms with Gasteiger partial charge in [0.15, 0.2) is 0 Å². The normalized spacial score (nSPS) is 18.9. The maximum absolute atomic E-state index is 11.8. The third-order valence-corrected chi connectivity index (χ3v) is 7.15. The number of benzene rings is 3. The molecule has 0 bridgehead atoms. The van der Waals surface area contributed by atoms with E-state index in [0.717, 1.165) is 37.2 Å². The van der Waals surface area contributed by atoms with Gasteiger partial charge in [-0.2, -0.15) is 0 Å². The Labute approximate surface area is 212 Å². The SMILES string of the molecule is COc1ccc2cc(C3CCN(CC(O)COc4ccccc4C=C4CCOC4=O)CC3)ccc2c1. The standard InChI is InChI=1S/C30H33NO5/c1-34-28-9-8-23-16-22(6-7-24(23)18-28)21-10-13-31(14-11-21)19-27(32)20-36-29-5-3-2-4-25(29)17-26-12-15-35-30(26)33/h2-9,16-18,21,27,32H,10-15,19-20H2,1H3. The summed E-state index contributed by atoms with van der Waals surface area (Å²) in [5.41, 5.74) is 2.86. The summed E-state index contributed by atoms with van der Waals surface area (Å²) in [6, 6.07) is 20.5. The first kappa shape index (κ1) is 24.3. The molecule has 0 amide bonds. The molecule has 0 spiro atoms. The van der Waals surface area contributed by atoms with E-state index in [1.807, 2.05) is 36.4 Å². The van der Waals surface area contributed by atoms with Gasteiger partial charge < -0.3 is 24.2 Å². The van der Waals surface area contributed by atoms with Crippen molar-refractivity contribution in [2.75, 3.05) is 40.0 Å². The van der Waals surface area contributed by atoms with Crippen molar-refractivity contribution < 1.29 is 24.1 Å². The fourth-order valence-corrected chi connectivity index (χ4v) is 5.11. The van der Waals surface area contributed by atoms with E-state index in [1.54, 1.807) is 7.11 Å². The number of ether oxygens (including phenoxy) is 3. The number of β-amino-alcohol motifs (C(OH)–C–C–N with tert-alkyl or cyclic N) is 1. The minimum atomic E-state index is -0.589. The largest absolute Gasteiger partial charge is 0.497 e. The van der Waals surface area contributed by atoms with Gasteiger partial charge in [0.2, 0.25) is 0 Å². The zero-order valence-electron chi connectivity index (χ0n) is 20.7. The number of carbonyl (C=O) groups is 1. The lowest BCUT2D eigenvalue weighted by atomic mass is 9.88. The van der Waals surface area contributed by atoms with Crippen LogP contribution in [0, 0.1) is 0 Å². The zero-order chi connectivity index (χ0) is 24.9. The lowest BCUT2D eigenvalue weighted by Gasteiger charge is -2.33. The molecule has 2 saturated heterocycles. The number of aliphatic hydroxyl groups is 1. The van der Waals surface area contributed by atoms with E-state index in [-0.39, 0.29) is 12.6 Å². The van der Waals surface area contributed by atoms with E-state index in [1.165, 1.54) is 16.3 Å². The van der Waals surface area contributed by atoms with E-state index in [0.29, 0.717) is 36.8 Å². The molecular formula is C30H33NO5. The monoisotopic (exact) mass is 487 g/mol. The predicted octanol–water partition coefficient (Wildman–Crippen LogP) is 4.80. The van der Waals surface area contributed by atoms with Gasteiger partial charge in [-0.15, -0.1) is 0 Å². The van der Waals surface area contributed by atoms with Crippen LogP contribution >= 0.6 is 0 Å². The third-order valence-electron chi connectivity index (χ3n) is 7.15. The Morgan fingerprint density at radius 2 is 1.86 bits per heavy atom. The van der Waals surface area contributed by atoms with Crippen molar-refractivity contribution in [3.63, 3.8) is 0 Å². The van der Waals surface area contributed by atoms with Crippen molar-refractivity contribution in [3.8, 4) is 11.5 Å². The number of carbonyl (C=O) groups excluding carboxylic acids is 1. The molecule has 0 aromatic heterocycles. The molecule has 0 radical (unpaired) electrons. The minimum Gasteiger partial charge on any atom is -0.497 e. The molecule has 2 heterocycles. The van der Waals surface area contributed by atoms with Crippen molar-refractivity contribution in [2.45, 2.75) is 31.3 Å². The van der Waals surface area contributed by atoms with Gasteiger partial charge in [0.25, 0.3) is 0 Å². The van der Waals surface area contributed by atoms with Gasteiger partial charge in [-0.05, 0) is 72.5 Å². The van der Waals surface area contributed by atoms with Crippen LogP contribution in [0.3, 0.4) is 0 Å². The molecule has 2 aliphatic heterocycles. The first-order valence-electron chi connectivity index (χ1n) is 12.7. The zero-order valence-corrected chi connectivity index (χ0v) is 20.7. The Morgan fingerprint density at radius 3 is 2.64 bits per heavy atom. The molecule has 188 valence electrons. The number of para-hydroxylation sites is 1. The molecule has 2 aliphatic rings. The summed E-state index contributed by atoms with van der Waals surface area (Å²) in [5, 5.41) is 13.1. The number of nitrogens with zero attached hydrogens (tertiary/aromatic N) is 1. The third kappa shape index (κ3) is 5.72. The fourth-order valence-electron chi connectivity index (χ4n) is 5.11. The number of esters is 1. The van der Waals surface area contributed by atoms with Gasteiger partial charge in [-0.1, -0.05) is 42.5 Å². The Kier molecular flexibility index (Phi) is 7.54. The van der Waals surface area contributed by atoms with Crippen LogP contribution in [0.4, 0.5) is 0 Å². The molecule has 36 heavy (non-hydrogen) atoms. The van der Waals surface area contributed by atoms with Crippen LogP contribution in [0.1, 0.15) is 36.3 Å². The van der Waals surface area contributed by atoms with Crippen LogP contribution in [-0.2, 0) is 9.53 Å². The van der Waals surface area contributed by atoms with Crippen LogP contribution in [0.5, 0.6) is 11.5 Å². The maximum atomic E-state index is 11.8. The quantitative estimate of drug-likeness (QED) is 0.364. The summed E-state index contributed by atoms with van der Waals surface area (Å²) in [7, 11) is 1.69. The molecule has 6 heteroatoms. The van der Waals surface area contributed by atoms with Crippen LogP contribution in [0.25, 0.3) is 16.8 Å². The van der Waals surface area contributed by atoms with E-state index < -0.39 is 6.10 Å². The molecule has 3 aromatic carbocycles. The molecule has 2 fully saturated rings. The fraction of sp³-hybridized carbons (Fsp3) is 0.367. The number of likely N-dealkylation sites (tertiary alicyclic amines) is 1. The highest BCUT2D eigenvalue weighted by atomic mass is 16.5. The minimum absolute atomic E-state index is 0.207. The topological polar surface area (TPSA) is 68.2 Å². The van der Waals surface area contributed by atoms with Gasteiger partial charge >= 0.3 is 5.97 Å². The molecule has 1 unspecified atom stereocenters. The number of cyclic esters (lactones) is 1. The highest BCUT2D eigenvalue weighted by Crippen LogP contribution is 2.31. The summed E-state index contributed by atoms with van der Waals surface area (Å²) in [6.07, 6.45) is 3.99. The van der Waals surface area contributed by atoms with Gasteiger partial charge in [0.1, 0.15) is 24.2 Å². The molecule has 6 nitrogen and oxygen atoms in total. The molecule has 1 N–H and O–H groups in total. The van der Waals surface area contributed by atoms with Crippen LogP contribution in [0.15, 0.2) is 66.2 Å². The second kappa shape index (κ2) is 11.1. The first-order chi connectivity index (χ1) is 17.6. The summed E-state index contributed by atoms with van der Waals surface area (Å²) in [5.74, 6) is 1.81. The average Bonchev–Trinajstić information content (AvgIpc) is 3.32. The number of hydrogen-bond donors (Lipinski definition) is 1. The van der Waals surface area contributed by atoms with Crippen LogP contribution in [0.2, 0.25) is 0 Å². The number of aliphatic hydroxyl groups excluding tert-OH is 1. The van der Waals surface area contributed by atoms with Gasteiger partial charge in [0, 0.05) is 24.1 Å². The Morgan fingerprint density at radius 1 is 1.08 bits per heavy atom. The number of piperidine rings is 1. The van der Waals surface area contributed by atoms with Crippen LogP contribution < -0.4 is 9.47 Å². The number of fused-ring (bicyclic) bond motifs is 1. The maximum Gasteiger partial charge on any atom is 0.334 e. The molecule has 5 rings (SSSR count). The molecule has 1 atom stereocenters. The Balaban J connectivity index is 1.12. The Hall–Kier alpha value is -3.35. The predicted molar refractivity (Wildman–Crippen MR) is 140 cm³/mol. The van der Waals surface area contributed by atoms with Gasteiger partial charge in [-0.3, -0.25) is 0 Å². The van der Waals surface area contributed by atoms with E-state index >= 15 is 0 Å². The second-order valence-corrected chi connectivity index (χ2v) is 9.61. The van der Waals surface area contributed by atoms with Crippen molar-refractivity contribution in [2.24, 2.45) is 0 Å². The highest BCUT2D eigenvalue weighted by Gasteiger charge is 2.23. The lowest BCUT2D eigenvalue weighted by Crippen LogP contribution is -2.40. The average molecular weight is 488 g/mol. The van der Waals surface area contributed by atoms with Gasteiger partial charge in [0.05, 0.1) is 13.7 Å². The molecular weight excluding hydrogens is 454 g/mol. The Bertz CT molecular complexity index is 1250. The summed E-state index contributed by atoms with van der Waals surface area (Å²) in [4.78, 5) is 14.1. The van der Waals surface area contributed by atoms with E-state index in [2.05, 4.69) is 35.2 Å². The van der Waals surface area contributed by atoms with Crippen LogP contribution in [-0.4, -0.2) is 62.0 Å². The van der Waals surface area contributed by atoms with Crippen molar-refractivity contribution in [1.82, 2.24) is 4.90 Å². The second-order valence-electron chi connectivity index (χ2n) is 9.61. The molecule has 0 aliphatic carbocycles. The smallest absolute Gasteiger partial charge is 0.334 e. The van der Waals surface area contributed by atoms with E-state index in [9.17, 15) is 9.90 Å². The van der Waals surface area contributed by atoms with Gasteiger partial charge in [-0.25, -0.2) is 4.79 Å². The summed E-state index contributed by atoms with van der Waals surface area (Å²) < 4.78 is 16.3. The van der Waals surface area contributed by atoms with Crippen molar-refractivity contribution >= 4 is 22.8 Å². The number of hydrogen-bond acceptors (Lipinski definition) is 6. The lowest BCUT2D eigenvalue weighted by molar-refractivity contribution is -0.134. The first-order valence-corrected chi connectivity index (χ1v) is 12.7.